The van der Waals surface area contributed by atoms with Crippen molar-refractivity contribution in [2.75, 3.05) is 17.3 Å². The van der Waals surface area contributed by atoms with Crippen LogP contribution in [0, 0.1) is 11.8 Å². The summed E-state index contributed by atoms with van der Waals surface area (Å²) in [5.74, 6) is 4.83. The van der Waals surface area contributed by atoms with Crippen LogP contribution in [0.2, 0.25) is 0 Å². The van der Waals surface area contributed by atoms with Gasteiger partial charge in [0.25, 0.3) is 0 Å². The van der Waals surface area contributed by atoms with E-state index in [4.69, 9.17) is 5.11 Å². The van der Waals surface area contributed by atoms with Crippen LogP contribution in [-0.2, 0) is 4.79 Å². The van der Waals surface area contributed by atoms with Crippen molar-refractivity contribution in [2.45, 2.75) is 39.0 Å². The van der Waals surface area contributed by atoms with Crippen LogP contribution in [0.1, 0.15) is 39.0 Å². The summed E-state index contributed by atoms with van der Waals surface area (Å²) in [6, 6.07) is 0. The number of allylic oxidation sites excluding steroid dienone is 3. The van der Waals surface area contributed by atoms with Gasteiger partial charge in [-0.3, -0.25) is 4.79 Å². The molecule has 0 aromatic heterocycles. The second kappa shape index (κ2) is 11.3. The lowest BCUT2D eigenvalue weighted by atomic mass is 9.90. The van der Waals surface area contributed by atoms with Crippen LogP contribution in [0.15, 0.2) is 23.6 Å². The lowest BCUT2D eigenvalue weighted by molar-refractivity contribution is -0.137. The highest BCUT2D eigenvalue weighted by Crippen LogP contribution is 2.35. The summed E-state index contributed by atoms with van der Waals surface area (Å²) < 4.78 is 0. The molecule has 1 rings (SSSR count). The van der Waals surface area contributed by atoms with E-state index in [0.29, 0.717) is 0 Å². The van der Waals surface area contributed by atoms with Crippen LogP contribution >= 0.6 is 23.5 Å². The molecule has 1 N–H and O–H groups in total. The fourth-order valence-corrected chi connectivity index (χ4v) is 4.72. The number of hydrogen-bond acceptors (Lipinski definition) is 3. The van der Waals surface area contributed by atoms with Crippen molar-refractivity contribution in [2.24, 2.45) is 11.8 Å². The van der Waals surface area contributed by atoms with E-state index in [1.165, 1.54) is 30.1 Å². The summed E-state index contributed by atoms with van der Waals surface area (Å²) in [6.07, 6.45) is 11.0. The Kier molecular flexibility index (Phi) is 10.0. The second-order valence-electron chi connectivity index (χ2n) is 5.18. The Morgan fingerprint density at radius 3 is 2.90 bits per heavy atom. The molecule has 0 radical (unpaired) electrons. The first-order chi connectivity index (χ1) is 9.74. The van der Waals surface area contributed by atoms with Gasteiger partial charge in [-0.05, 0) is 67.1 Å². The number of carbonyl (C=O) groups is 1. The summed E-state index contributed by atoms with van der Waals surface area (Å²) in [4.78, 5) is 10.4. The van der Waals surface area contributed by atoms with Gasteiger partial charge in [0.15, 0.2) is 0 Å². The average molecular weight is 315 g/mol. The number of rotatable bonds is 10. The molecule has 1 aliphatic heterocycles. The highest BCUT2D eigenvalue weighted by atomic mass is 32.2. The van der Waals surface area contributed by atoms with Gasteiger partial charge in [0.2, 0.25) is 0 Å². The van der Waals surface area contributed by atoms with E-state index in [1.807, 2.05) is 11.8 Å². The van der Waals surface area contributed by atoms with Gasteiger partial charge in [0.1, 0.15) is 0 Å². The molecule has 1 heterocycles. The molecule has 0 amide bonds. The zero-order valence-electron chi connectivity index (χ0n) is 12.3. The maximum Gasteiger partial charge on any atom is 0.303 e. The average Bonchev–Trinajstić information content (AvgIpc) is 2.86. The minimum Gasteiger partial charge on any atom is -0.481 e. The number of hydrogen-bond donors (Lipinski definition) is 1. The number of aliphatic carboxylic acids is 1. The molecule has 0 aliphatic carbocycles. The molecule has 0 bridgehead atoms. The van der Waals surface area contributed by atoms with Crippen LogP contribution in [0.3, 0.4) is 0 Å². The summed E-state index contributed by atoms with van der Waals surface area (Å²) in [5.41, 5.74) is 0. The molecule has 1 aliphatic rings. The lowest BCUT2D eigenvalue weighted by Gasteiger charge is -2.16. The molecule has 0 unspecified atom stereocenters. The van der Waals surface area contributed by atoms with Gasteiger partial charge in [0.05, 0.1) is 0 Å². The minimum atomic E-state index is -0.690. The summed E-state index contributed by atoms with van der Waals surface area (Å²) in [5, 5.41) is 10.7. The van der Waals surface area contributed by atoms with Crippen molar-refractivity contribution in [1.29, 1.82) is 0 Å². The molecular formula is C16H26O2S2. The first-order valence-corrected chi connectivity index (χ1v) is 9.61. The largest absolute Gasteiger partial charge is 0.481 e. The predicted octanol–water partition coefficient (Wildman–Crippen LogP) is 4.82. The molecule has 2 atom stereocenters. The molecule has 1 saturated heterocycles. The fraction of sp³-hybridized carbons (Fsp3) is 0.688. The molecule has 0 spiro atoms. The molecule has 20 heavy (non-hydrogen) atoms. The molecule has 0 saturated carbocycles. The maximum absolute atomic E-state index is 10.4. The van der Waals surface area contributed by atoms with Crippen LogP contribution in [0.5, 0.6) is 0 Å². The van der Waals surface area contributed by atoms with E-state index in [9.17, 15) is 4.79 Å². The first-order valence-electron chi connectivity index (χ1n) is 7.41. The molecular weight excluding hydrogens is 288 g/mol. The third-order valence-electron chi connectivity index (χ3n) is 3.54. The fourth-order valence-electron chi connectivity index (χ4n) is 2.37. The van der Waals surface area contributed by atoms with Crippen LogP contribution in [-0.4, -0.2) is 28.3 Å². The van der Waals surface area contributed by atoms with Gasteiger partial charge in [-0.2, -0.15) is 11.8 Å². The number of carboxylic acid groups (broad SMARTS) is 1. The Morgan fingerprint density at radius 1 is 1.35 bits per heavy atom. The predicted molar refractivity (Wildman–Crippen MR) is 91.4 cm³/mol. The molecule has 0 aromatic rings. The SMILES string of the molecule is CC=CSCC[C@@H]1CSC[C@@H]1CC=CCCCC(=O)O. The first kappa shape index (κ1) is 17.7. The highest BCUT2D eigenvalue weighted by molar-refractivity contribution is 8.02. The van der Waals surface area contributed by atoms with E-state index in [1.54, 1.807) is 0 Å². The Bertz CT molecular complexity index is 326. The van der Waals surface area contributed by atoms with Gasteiger partial charge in [-0.25, -0.2) is 0 Å². The minimum absolute atomic E-state index is 0.286. The number of thioether (sulfide) groups is 2. The van der Waals surface area contributed by atoms with Gasteiger partial charge >= 0.3 is 5.97 Å². The van der Waals surface area contributed by atoms with Crippen LogP contribution in [0.25, 0.3) is 0 Å². The van der Waals surface area contributed by atoms with Gasteiger partial charge in [-0.1, -0.05) is 18.2 Å². The molecule has 4 heteroatoms. The molecule has 0 aromatic carbocycles. The number of unbranched alkanes of at least 4 members (excludes halogenated alkanes) is 1. The molecule has 1 fully saturated rings. The van der Waals surface area contributed by atoms with Crippen molar-refractivity contribution in [3.8, 4) is 0 Å². The summed E-state index contributed by atoms with van der Waals surface area (Å²) in [7, 11) is 0. The topological polar surface area (TPSA) is 37.3 Å². The summed E-state index contributed by atoms with van der Waals surface area (Å²) in [6.45, 7) is 2.07. The zero-order chi connectivity index (χ0) is 14.6. The number of carboxylic acids is 1. The van der Waals surface area contributed by atoms with Gasteiger partial charge in [-0.15, -0.1) is 11.8 Å². The Morgan fingerprint density at radius 2 is 2.15 bits per heavy atom. The van der Waals surface area contributed by atoms with Crippen molar-refractivity contribution >= 4 is 29.5 Å². The van der Waals surface area contributed by atoms with Gasteiger partial charge < -0.3 is 5.11 Å². The van der Waals surface area contributed by atoms with Crippen molar-refractivity contribution in [3.05, 3.63) is 23.6 Å². The Balaban J connectivity index is 2.14. The summed E-state index contributed by atoms with van der Waals surface area (Å²) >= 11 is 4.00. The molecule has 114 valence electrons. The van der Waals surface area contributed by atoms with E-state index < -0.39 is 5.97 Å². The third kappa shape index (κ3) is 8.05. The van der Waals surface area contributed by atoms with Crippen LogP contribution < -0.4 is 0 Å². The van der Waals surface area contributed by atoms with Gasteiger partial charge in [0, 0.05) is 6.42 Å². The van der Waals surface area contributed by atoms with Crippen molar-refractivity contribution < 1.29 is 9.90 Å². The monoisotopic (exact) mass is 314 g/mol. The zero-order valence-corrected chi connectivity index (χ0v) is 13.9. The van der Waals surface area contributed by atoms with Crippen LogP contribution in [0.4, 0.5) is 0 Å². The van der Waals surface area contributed by atoms with E-state index in [2.05, 4.69) is 42.3 Å². The standard InChI is InChI=1S/C16H26O2S2/c1-2-10-19-11-9-15-13-20-12-14(15)7-5-3-4-6-8-16(17)18/h2-3,5,10,14-15H,4,6-9,11-13H2,1H3,(H,17,18)/t14-,15+/m0/s1. The maximum atomic E-state index is 10.4. The Labute approximate surface area is 131 Å². The Hall–Kier alpha value is -0.350. The normalized spacial score (nSPS) is 23.1. The third-order valence-corrected chi connectivity index (χ3v) is 5.80. The second-order valence-corrected chi connectivity index (χ2v) is 7.27. The lowest BCUT2D eigenvalue weighted by Crippen LogP contribution is -2.12. The van der Waals surface area contributed by atoms with E-state index in [-0.39, 0.29) is 6.42 Å². The smallest absolute Gasteiger partial charge is 0.303 e. The van der Waals surface area contributed by atoms with E-state index >= 15 is 0 Å². The van der Waals surface area contributed by atoms with E-state index in [0.717, 1.165) is 24.7 Å². The van der Waals surface area contributed by atoms with Crippen molar-refractivity contribution in [1.82, 2.24) is 0 Å². The quantitative estimate of drug-likeness (QED) is 0.463. The van der Waals surface area contributed by atoms with Crippen molar-refractivity contribution in [3.63, 3.8) is 0 Å². The molecule has 2 nitrogen and oxygen atoms in total. The highest BCUT2D eigenvalue weighted by Gasteiger charge is 2.26.